The molecule has 17 unspecified atom stereocenters. The second-order valence-electron chi connectivity index (χ2n) is 21.6. The fourth-order valence-corrected chi connectivity index (χ4v) is 15.3. The molecule has 0 amide bonds. The van der Waals surface area contributed by atoms with Gasteiger partial charge in [0, 0.05) is 16.5 Å². The average Bonchev–Trinajstić information content (AvgIpc) is 4.12. The van der Waals surface area contributed by atoms with Crippen LogP contribution in [0.4, 0.5) is 0 Å². The van der Waals surface area contributed by atoms with Gasteiger partial charge >= 0.3 is 29.8 Å². The summed E-state index contributed by atoms with van der Waals surface area (Å²) in [6.07, 6.45) is 5.26. The molecule has 15 heteroatoms. The van der Waals surface area contributed by atoms with Gasteiger partial charge in [-0.15, -0.1) is 4.73 Å². The van der Waals surface area contributed by atoms with Gasteiger partial charge in [0.2, 0.25) is 11.8 Å². The Kier molecular flexibility index (Phi) is 12.2. The molecule has 2 heterocycles. The summed E-state index contributed by atoms with van der Waals surface area (Å²) in [5.41, 5.74) is -0.770. The summed E-state index contributed by atoms with van der Waals surface area (Å²) in [5, 5.41) is 54.6. The van der Waals surface area contributed by atoms with Gasteiger partial charge in [-0.1, -0.05) is 40.5 Å². The Balaban J connectivity index is 1.24. The number of ether oxygens (including phenoxy) is 4. The van der Waals surface area contributed by atoms with Crippen molar-refractivity contribution < 1.29 is 68.6 Å². The molecular weight excluding hydrogens is 815 g/mol. The number of esters is 5. The Labute approximate surface area is 369 Å². The minimum atomic E-state index is -1.13. The highest BCUT2D eigenvalue weighted by atomic mass is 16.6. The molecular formula is C48H69NO14. The monoisotopic (exact) mass is 883 g/mol. The van der Waals surface area contributed by atoms with Gasteiger partial charge < -0.3 is 44.6 Å². The second-order valence-corrected chi connectivity index (χ2v) is 21.6. The molecule has 6 bridgehead atoms. The predicted molar refractivity (Wildman–Crippen MR) is 222 cm³/mol. The van der Waals surface area contributed by atoms with Crippen molar-refractivity contribution in [3.8, 4) is 11.8 Å². The molecule has 1 saturated heterocycles. The lowest BCUT2D eigenvalue weighted by Gasteiger charge is -2.49. The molecule has 0 aromatic carbocycles. The predicted octanol–water partition coefficient (Wildman–Crippen LogP) is 5.70. The van der Waals surface area contributed by atoms with E-state index in [2.05, 4.69) is 6.92 Å². The number of aliphatic hydroxyl groups is 2. The topological polar surface area (TPSA) is 228 Å². The molecule has 6 aliphatic carbocycles. The van der Waals surface area contributed by atoms with Gasteiger partial charge in [-0.2, -0.15) is 0 Å². The van der Waals surface area contributed by atoms with E-state index in [0.717, 1.165) is 12.8 Å². The molecule has 1 aliphatic heterocycles. The minimum Gasteiger partial charge on any atom is -0.492 e. The first kappa shape index (κ1) is 45.7. The first-order chi connectivity index (χ1) is 29.9. The van der Waals surface area contributed by atoms with E-state index in [1.54, 1.807) is 6.92 Å². The van der Waals surface area contributed by atoms with Crippen LogP contribution < -0.4 is 0 Å². The van der Waals surface area contributed by atoms with Crippen LogP contribution >= 0.6 is 0 Å². The highest BCUT2D eigenvalue weighted by Crippen LogP contribution is 2.74. The Hall–Kier alpha value is -3.85. The van der Waals surface area contributed by atoms with Gasteiger partial charge in [0.15, 0.2) is 0 Å². The van der Waals surface area contributed by atoms with Crippen molar-refractivity contribution in [2.75, 3.05) is 26.4 Å². The van der Waals surface area contributed by atoms with Crippen molar-refractivity contribution in [1.82, 2.24) is 4.73 Å². The van der Waals surface area contributed by atoms with E-state index in [9.17, 15) is 49.6 Å². The SMILES string of the molecule is CCCCOC(=O)C(C)C(C(=O)OCCCC)C1C(C2C(=O)OC(=O)C2C2C3CC(CC3C(=O)OC(C)(C)C)C2C2C3CC(c4c3c(O)n(O)c4O)C2C)C2CC1C(CO)(CO)C2. The lowest BCUT2D eigenvalue weighted by Crippen LogP contribution is -2.53. The summed E-state index contributed by atoms with van der Waals surface area (Å²) in [5.74, 6) is -12.8. The summed E-state index contributed by atoms with van der Waals surface area (Å²) in [6.45, 7) is 12.6. The van der Waals surface area contributed by atoms with Crippen LogP contribution in [-0.4, -0.2) is 92.2 Å². The van der Waals surface area contributed by atoms with Crippen LogP contribution in [0, 0.1) is 94.2 Å². The molecule has 0 spiro atoms. The van der Waals surface area contributed by atoms with Crippen LogP contribution in [0.3, 0.4) is 0 Å². The fourth-order valence-electron chi connectivity index (χ4n) is 15.3. The van der Waals surface area contributed by atoms with Gasteiger partial charge in [-0.05, 0) is 137 Å². The molecule has 8 rings (SSSR count). The van der Waals surface area contributed by atoms with Crippen LogP contribution in [0.1, 0.15) is 129 Å². The van der Waals surface area contributed by atoms with Gasteiger partial charge in [0.1, 0.15) is 5.60 Å². The maximum absolute atomic E-state index is 14.7. The van der Waals surface area contributed by atoms with Crippen LogP contribution in [-0.2, 0) is 42.9 Å². The number of rotatable bonds is 16. The van der Waals surface area contributed by atoms with E-state index >= 15 is 0 Å². The Morgan fingerprint density at radius 3 is 1.98 bits per heavy atom. The summed E-state index contributed by atoms with van der Waals surface area (Å²) in [7, 11) is 0. The second kappa shape index (κ2) is 16.9. The molecule has 63 heavy (non-hydrogen) atoms. The number of aliphatic hydroxyl groups excluding tert-OH is 2. The van der Waals surface area contributed by atoms with Crippen LogP contribution in [0.5, 0.6) is 11.8 Å². The summed E-state index contributed by atoms with van der Waals surface area (Å²) >= 11 is 0. The molecule has 15 nitrogen and oxygen atoms in total. The number of cyclic esters (lactones) is 2. The normalized spacial score (nSPS) is 37.9. The van der Waals surface area contributed by atoms with Crippen molar-refractivity contribution >= 4 is 29.8 Å². The number of fused-ring (bicyclic) bond motifs is 9. The summed E-state index contributed by atoms with van der Waals surface area (Å²) in [6, 6.07) is 0. The van der Waals surface area contributed by atoms with E-state index < -0.39 is 94.0 Å². The van der Waals surface area contributed by atoms with E-state index in [1.807, 2.05) is 34.6 Å². The fraction of sp³-hybridized carbons (Fsp3) is 0.812. The highest BCUT2D eigenvalue weighted by molar-refractivity contribution is 5.97. The van der Waals surface area contributed by atoms with Crippen molar-refractivity contribution in [2.45, 2.75) is 124 Å². The van der Waals surface area contributed by atoms with Gasteiger partial charge in [0.25, 0.3) is 0 Å². The molecule has 1 aromatic rings. The largest absolute Gasteiger partial charge is 0.492 e. The zero-order valence-electron chi connectivity index (χ0n) is 37.9. The first-order valence-electron chi connectivity index (χ1n) is 23.7. The van der Waals surface area contributed by atoms with Crippen LogP contribution in [0.2, 0.25) is 0 Å². The number of nitrogens with zero attached hydrogens (tertiary/aromatic N) is 1. The number of unbranched alkanes of at least 4 members (excludes halogenated alkanes) is 2. The molecule has 5 saturated carbocycles. The number of hydrogen-bond acceptors (Lipinski definition) is 14. The molecule has 7 aliphatic rings. The Morgan fingerprint density at radius 2 is 1.40 bits per heavy atom. The molecule has 1 aromatic heterocycles. The van der Waals surface area contributed by atoms with Gasteiger partial charge in [-0.25, -0.2) is 0 Å². The lowest BCUT2D eigenvalue weighted by molar-refractivity contribution is -0.170. The number of carbonyl (C=O) groups excluding carboxylic acids is 5. The number of aromatic hydroxyl groups is 2. The minimum absolute atomic E-state index is 0.0552. The maximum atomic E-state index is 14.7. The smallest absolute Gasteiger partial charge is 0.317 e. The van der Waals surface area contributed by atoms with Crippen molar-refractivity contribution in [1.29, 1.82) is 0 Å². The third-order valence-electron chi connectivity index (χ3n) is 17.6. The van der Waals surface area contributed by atoms with Crippen molar-refractivity contribution in [2.24, 2.45) is 94.2 Å². The summed E-state index contributed by atoms with van der Waals surface area (Å²) < 4.78 is 23.8. The number of carbonyl (C=O) groups is 5. The highest BCUT2D eigenvalue weighted by Gasteiger charge is 2.72. The third-order valence-corrected chi connectivity index (χ3v) is 17.6. The van der Waals surface area contributed by atoms with E-state index in [1.165, 1.54) is 0 Å². The Morgan fingerprint density at radius 1 is 0.810 bits per heavy atom. The first-order valence-corrected chi connectivity index (χ1v) is 23.7. The maximum Gasteiger partial charge on any atom is 0.317 e. The lowest BCUT2D eigenvalue weighted by atomic mass is 9.53. The van der Waals surface area contributed by atoms with E-state index in [0.29, 0.717) is 60.8 Å². The standard InChI is InChI=1S/C48H69NO14/c1-8-10-12-60-42(54)22(4)31(44(56)61-13-11-9-2)37-29-16-24(18-48(29,19-50)20-51)33(37)38-39(46(58)62-45(38)57)34-26-14-23(15-27(26)43(55)63-47(5,6)7)32(34)30-21(3)25-17-28(30)36-35(25)40(52)49(59)41(36)53/h21-34,37-39,50-53,59H,8-20H2,1-7H3. The van der Waals surface area contributed by atoms with E-state index in [-0.39, 0.29) is 85.6 Å². The van der Waals surface area contributed by atoms with Crippen LogP contribution in [0.15, 0.2) is 0 Å². The molecule has 17 atom stereocenters. The van der Waals surface area contributed by atoms with Crippen molar-refractivity contribution in [3.05, 3.63) is 11.1 Å². The van der Waals surface area contributed by atoms with Crippen LogP contribution in [0.25, 0.3) is 0 Å². The zero-order valence-corrected chi connectivity index (χ0v) is 37.9. The zero-order chi connectivity index (χ0) is 45.6. The van der Waals surface area contributed by atoms with Crippen molar-refractivity contribution in [3.63, 3.8) is 0 Å². The Bertz CT molecular complexity index is 1960. The molecule has 5 N–H and O–H groups in total. The summed E-state index contributed by atoms with van der Waals surface area (Å²) in [4.78, 5) is 72.0. The molecule has 350 valence electrons. The third kappa shape index (κ3) is 7.15. The number of aromatic nitrogens is 1. The molecule has 0 radical (unpaired) electrons. The average molecular weight is 884 g/mol. The van der Waals surface area contributed by atoms with E-state index in [4.69, 9.17) is 18.9 Å². The number of hydrogen-bond donors (Lipinski definition) is 5. The quantitative estimate of drug-likeness (QED) is 0.0441. The van der Waals surface area contributed by atoms with Gasteiger partial charge in [0.05, 0.1) is 56.0 Å². The van der Waals surface area contributed by atoms with Gasteiger partial charge in [-0.3, -0.25) is 24.0 Å². The molecule has 6 fully saturated rings.